The molecular formula is C27H36ClN3O. The summed E-state index contributed by atoms with van der Waals surface area (Å²) in [7, 11) is 0. The fourth-order valence-electron chi connectivity index (χ4n) is 5.31. The number of fused-ring (bicyclic) bond motifs is 1. The van der Waals surface area contributed by atoms with Crippen LogP contribution in [0.3, 0.4) is 0 Å². The van der Waals surface area contributed by atoms with Gasteiger partial charge in [0.1, 0.15) is 0 Å². The summed E-state index contributed by atoms with van der Waals surface area (Å²) in [5.74, 6) is 1.37. The number of hydrogen-bond acceptors (Lipinski definition) is 3. The summed E-state index contributed by atoms with van der Waals surface area (Å²) < 4.78 is 0. The van der Waals surface area contributed by atoms with Crippen molar-refractivity contribution >= 4 is 28.9 Å². The zero-order valence-corrected chi connectivity index (χ0v) is 20.2. The molecule has 2 aliphatic carbocycles. The molecular weight excluding hydrogens is 418 g/mol. The highest BCUT2D eigenvalue weighted by molar-refractivity contribution is 6.30. The van der Waals surface area contributed by atoms with E-state index in [0.29, 0.717) is 12.3 Å². The molecule has 1 amide bonds. The lowest BCUT2D eigenvalue weighted by atomic mass is 9.83. The largest absolute Gasteiger partial charge is 0.377 e. The van der Waals surface area contributed by atoms with Gasteiger partial charge in [0.25, 0.3) is 0 Å². The van der Waals surface area contributed by atoms with E-state index < -0.39 is 0 Å². The molecule has 1 aromatic carbocycles. The molecule has 0 saturated heterocycles. The minimum Gasteiger partial charge on any atom is -0.377 e. The summed E-state index contributed by atoms with van der Waals surface area (Å²) in [5.41, 5.74) is 5.09. The van der Waals surface area contributed by atoms with Gasteiger partial charge in [0.2, 0.25) is 5.91 Å². The number of benzene rings is 1. The first-order chi connectivity index (χ1) is 15.5. The molecule has 0 radical (unpaired) electrons. The number of anilines is 2. The lowest BCUT2D eigenvalue weighted by Crippen LogP contribution is -2.22. The van der Waals surface area contributed by atoms with E-state index >= 15 is 0 Å². The van der Waals surface area contributed by atoms with Gasteiger partial charge < -0.3 is 10.6 Å². The third-order valence-corrected chi connectivity index (χ3v) is 7.44. The van der Waals surface area contributed by atoms with Crippen LogP contribution in [-0.4, -0.2) is 10.9 Å². The van der Waals surface area contributed by atoms with Crippen LogP contribution in [0.2, 0.25) is 5.02 Å². The molecule has 1 heterocycles. The summed E-state index contributed by atoms with van der Waals surface area (Å²) in [5, 5.41) is 7.49. The predicted molar refractivity (Wildman–Crippen MR) is 133 cm³/mol. The number of halogens is 1. The lowest BCUT2D eigenvalue weighted by molar-refractivity contribution is -0.116. The van der Waals surface area contributed by atoms with E-state index in [0.717, 1.165) is 53.0 Å². The van der Waals surface area contributed by atoms with Crippen molar-refractivity contribution in [3.05, 3.63) is 52.3 Å². The number of nitrogens with one attached hydrogen (secondary N) is 2. The van der Waals surface area contributed by atoms with Crippen LogP contribution in [-0.2, 0) is 4.79 Å². The average Bonchev–Trinajstić information content (AvgIpc) is 2.77. The highest BCUT2D eigenvalue weighted by atomic mass is 35.5. The Kier molecular flexibility index (Phi) is 7.72. The van der Waals surface area contributed by atoms with Gasteiger partial charge in [-0.1, -0.05) is 56.7 Å². The summed E-state index contributed by atoms with van der Waals surface area (Å²) in [4.78, 5) is 17.6. The Balaban J connectivity index is 1.41. The maximum atomic E-state index is 12.6. The van der Waals surface area contributed by atoms with E-state index in [1.807, 2.05) is 31.2 Å². The number of carbonyl (C=O) groups is 1. The number of amides is 1. The summed E-state index contributed by atoms with van der Waals surface area (Å²) in [6, 6.07) is 10.1. The second kappa shape index (κ2) is 10.7. The van der Waals surface area contributed by atoms with E-state index in [1.54, 1.807) is 0 Å². The average molecular weight is 454 g/mol. The van der Waals surface area contributed by atoms with E-state index in [2.05, 4.69) is 23.6 Å². The van der Waals surface area contributed by atoms with Gasteiger partial charge in [0, 0.05) is 17.1 Å². The number of pyridine rings is 1. The highest BCUT2D eigenvalue weighted by Crippen LogP contribution is 2.40. The Morgan fingerprint density at radius 2 is 1.94 bits per heavy atom. The monoisotopic (exact) mass is 453 g/mol. The molecule has 2 atom stereocenters. The Bertz CT molecular complexity index is 938. The molecule has 0 spiro atoms. The molecule has 1 fully saturated rings. The molecule has 4 nitrogen and oxygen atoms in total. The van der Waals surface area contributed by atoms with Gasteiger partial charge in [0.05, 0.1) is 23.1 Å². The van der Waals surface area contributed by atoms with Crippen LogP contribution < -0.4 is 10.6 Å². The van der Waals surface area contributed by atoms with Crippen LogP contribution in [0.15, 0.2) is 30.3 Å². The normalized spacial score (nSPS) is 21.1. The first-order valence-electron chi connectivity index (χ1n) is 12.3. The molecule has 1 aromatic heterocycles. The van der Waals surface area contributed by atoms with Crippen molar-refractivity contribution in [2.75, 3.05) is 10.6 Å². The maximum absolute atomic E-state index is 12.6. The molecule has 2 aliphatic rings. The quantitative estimate of drug-likeness (QED) is 0.449. The van der Waals surface area contributed by atoms with Crippen LogP contribution in [0.5, 0.6) is 0 Å². The van der Waals surface area contributed by atoms with Gasteiger partial charge in [-0.25, -0.2) is 0 Å². The highest BCUT2D eigenvalue weighted by Gasteiger charge is 2.27. The molecule has 2 aromatic rings. The van der Waals surface area contributed by atoms with Crippen molar-refractivity contribution in [1.82, 2.24) is 4.98 Å². The number of aromatic nitrogens is 1. The Morgan fingerprint density at radius 3 is 2.72 bits per heavy atom. The van der Waals surface area contributed by atoms with Crippen molar-refractivity contribution in [2.45, 2.75) is 90.0 Å². The minimum atomic E-state index is 0.114. The van der Waals surface area contributed by atoms with Crippen molar-refractivity contribution in [3.8, 4) is 0 Å². The third kappa shape index (κ3) is 5.83. The zero-order valence-electron chi connectivity index (χ0n) is 19.4. The van der Waals surface area contributed by atoms with Crippen LogP contribution in [0, 0.1) is 12.8 Å². The van der Waals surface area contributed by atoms with Crippen molar-refractivity contribution in [2.24, 2.45) is 5.92 Å². The van der Waals surface area contributed by atoms with Gasteiger partial charge in [0.15, 0.2) is 0 Å². The van der Waals surface area contributed by atoms with Crippen molar-refractivity contribution in [3.63, 3.8) is 0 Å². The number of rotatable bonds is 7. The van der Waals surface area contributed by atoms with Gasteiger partial charge in [-0.3, -0.25) is 9.78 Å². The first kappa shape index (κ1) is 23.1. The minimum absolute atomic E-state index is 0.114. The van der Waals surface area contributed by atoms with Crippen molar-refractivity contribution < 1.29 is 4.79 Å². The van der Waals surface area contributed by atoms with Gasteiger partial charge in [-0.05, 0) is 74.3 Å². The summed E-state index contributed by atoms with van der Waals surface area (Å²) >= 11 is 6.16. The van der Waals surface area contributed by atoms with Crippen molar-refractivity contribution in [1.29, 1.82) is 0 Å². The SMILES string of the molecule is Cc1nc2c(cc1NC(=O)CCCC1CCCCC1)C(C)CCC2Nc1cccc(Cl)c1. The van der Waals surface area contributed by atoms with Gasteiger partial charge in [-0.15, -0.1) is 0 Å². The number of carbonyl (C=O) groups excluding carboxylic acids is 1. The molecule has 32 heavy (non-hydrogen) atoms. The number of aryl methyl sites for hydroxylation is 1. The molecule has 2 unspecified atom stereocenters. The predicted octanol–water partition coefficient (Wildman–Crippen LogP) is 7.78. The fourth-order valence-corrected chi connectivity index (χ4v) is 5.50. The van der Waals surface area contributed by atoms with E-state index in [1.165, 1.54) is 44.1 Å². The van der Waals surface area contributed by atoms with Crippen LogP contribution in [0.1, 0.15) is 100 Å². The van der Waals surface area contributed by atoms with Crippen LogP contribution in [0.25, 0.3) is 0 Å². The summed E-state index contributed by atoms with van der Waals surface area (Å²) in [6.45, 7) is 4.24. The molecule has 0 bridgehead atoms. The van der Waals surface area contributed by atoms with E-state index in [-0.39, 0.29) is 11.9 Å². The Hall–Kier alpha value is -2.07. The summed E-state index contributed by atoms with van der Waals surface area (Å²) in [6.07, 6.45) is 11.7. The Morgan fingerprint density at radius 1 is 1.12 bits per heavy atom. The molecule has 1 saturated carbocycles. The first-order valence-corrected chi connectivity index (χ1v) is 12.7. The fraction of sp³-hybridized carbons (Fsp3) is 0.556. The number of hydrogen-bond donors (Lipinski definition) is 2. The second-order valence-electron chi connectivity index (χ2n) is 9.73. The third-order valence-electron chi connectivity index (χ3n) is 7.20. The standard InChI is InChI=1S/C27H36ClN3O/c1-18-14-15-24(30-22-12-7-11-21(28)16-22)27-23(18)17-25(19(2)29-27)31-26(32)13-6-10-20-8-4-3-5-9-20/h7,11-12,16-18,20,24,30H,3-6,8-10,13-15H2,1-2H3,(H,31,32). The zero-order chi connectivity index (χ0) is 22.5. The van der Waals surface area contributed by atoms with Crippen LogP contribution in [0.4, 0.5) is 11.4 Å². The molecule has 4 rings (SSSR count). The number of nitrogens with zero attached hydrogens (tertiary/aromatic N) is 1. The topological polar surface area (TPSA) is 54.0 Å². The van der Waals surface area contributed by atoms with Gasteiger partial charge in [-0.2, -0.15) is 0 Å². The molecule has 2 N–H and O–H groups in total. The van der Waals surface area contributed by atoms with E-state index in [4.69, 9.17) is 16.6 Å². The molecule has 5 heteroatoms. The lowest BCUT2D eigenvalue weighted by Gasteiger charge is -2.31. The van der Waals surface area contributed by atoms with Gasteiger partial charge >= 0.3 is 0 Å². The van der Waals surface area contributed by atoms with E-state index in [9.17, 15) is 4.79 Å². The Labute approximate surface area is 197 Å². The maximum Gasteiger partial charge on any atom is 0.224 e. The second-order valence-corrected chi connectivity index (χ2v) is 10.2. The van der Waals surface area contributed by atoms with Crippen LogP contribution >= 0.6 is 11.6 Å². The molecule has 0 aliphatic heterocycles. The smallest absolute Gasteiger partial charge is 0.224 e. The molecule has 172 valence electrons.